The Morgan fingerprint density at radius 1 is 0.871 bits per heavy atom. The van der Waals surface area contributed by atoms with Crippen LogP contribution in [0.4, 0.5) is 0 Å². The fourth-order valence-corrected chi connectivity index (χ4v) is 5.13. The first-order valence-electron chi connectivity index (χ1n) is 11.3. The lowest BCUT2D eigenvalue weighted by Gasteiger charge is -2.12. The van der Waals surface area contributed by atoms with Crippen molar-refractivity contribution in [1.82, 2.24) is 9.97 Å². The summed E-state index contributed by atoms with van der Waals surface area (Å²) >= 11 is 0. The Labute approximate surface area is 184 Å². The number of benzene rings is 2. The zero-order valence-corrected chi connectivity index (χ0v) is 18.9. The number of fused-ring (bicyclic) bond motifs is 1. The summed E-state index contributed by atoms with van der Waals surface area (Å²) in [6, 6.07) is 15.5. The van der Waals surface area contributed by atoms with Crippen LogP contribution in [0.1, 0.15) is 54.0 Å². The molecule has 0 amide bonds. The van der Waals surface area contributed by atoms with Gasteiger partial charge >= 0.3 is 0 Å². The van der Waals surface area contributed by atoms with Gasteiger partial charge in [-0.2, -0.15) is 4.57 Å². The molecule has 3 heteroatoms. The van der Waals surface area contributed by atoms with Gasteiger partial charge in [-0.15, -0.1) is 0 Å². The number of aromatic nitrogens is 3. The monoisotopic (exact) mass is 408 g/mol. The lowest BCUT2D eigenvalue weighted by molar-refractivity contribution is -0.633. The van der Waals surface area contributed by atoms with Crippen molar-refractivity contribution in [3.63, 3.8) is 0 Å². The van der Waals surface area contributed by atoms with Gasteiger partial charge in [-0.05, 0) is 56.9 Å². The predicted molar refractivity (Wildman–Crippen MR) is 127 cm³/mol. The van der Waals surface area contributed by atoms with Crippen LogP contribution in [0.25, 0.3) is 33.4 Å². The quantitative estimate of drug-likeness (QED) is 0.369. The molecule has 3 nitrogen and oxygen atoms in total. The van der Waals surface area contributed by atoms with E-state index in [9.17, 15) is 0 Å². The molecule has 156 valence electrons. The Kier molecular flexibility index (Phi) is 5.05. The van der Waals surface area contributed by atoms with Crippen molar-refractivity contribution >= 4 is 10.9 Å². The summed E-state index contributed by atoms with van der Waals surface area (Å²) in [5, 5.41) is 1.21. The lowest BCUT2D eigenvalue weighted by atomic mass is 9.96. The van der Waals surface area contributed by atoms with Crippen molar-refractivity contribution in [2.45, 2.75) is 52.4 Å². The number of nitrogens with zero attached hydrogens (tertiary/aromatic N) is 3. The number of hydrogen-bond donors (Lipinski definition) is 0. The lowest BCUT2D eigenvalue weighted by Crippen LogP contribution is -2.32. The molecule has 0 spiro atoms. The van der Waals surface area contributed by atoms with Crippen LogP contribution in [0.15, 0.2) is 54.9 Å². The summed E-state index contributed by atoms with van der Waals surface area (Å²) in [5.41, 5.74) is 10.9. The second-order valence-corrected chi connectivity index (χ2v) is 9.08. The molecule has 1 aliphatic rings. The van der Waals surface area contributed by atoms with Gasteiger partial charge in [0.2, 0.25) is 11.2 Å². The van der Waals surface area contributed by atoms with Crippen molar-refractivity contribution in [3.8, 4) is 22.5 Å². The van der Waals surface area contributed by atoms with Gasteiger partial charge in [-0.25, -0.2) is 0 Å². The van der Waals surface area contributed by atoms with Crippen LogP contribution < -0.4 is 4.57 Å². The van der Waals surface area contributed by atoms with E-state index < -0.39 is 0 Å². The Morgan fingerprint density at radius 2 is 1.68 bits per heavy atom. The second kappa shape index (κ2) is 7.88. The van der Waals surface area contributed by atoms with E-state index in [1.54, 1.807) is 0 Å². The first-order valence-corrected chi connectivity index (χ1v) is 11.3. The van der Waals surface area contributed by atoms with Crippen molar-refractivity contribution in [2.24, 2.45) is 7.05 Å². The summed E-state index contributed by atoms with van der Waals surface area (Å²) in [6.45, 7) is 6.58. The fourth-order valence-electron chi connectivity index (χ4n) is 5.13. The van der Waals surface area contributed by atoms with Crippen LogP contribution in [0.2, 0.25) is 0 Å². The van der Waals surface area contributed by atoms with E-state index in [-0.39, 0.29) is 0 Å². The maximum Gasteiger partial charge on any atom is 0.213 e. The van der Waals surface area contributed by atoms with Crippen LogP contribution in [0, 0.1) is 20.8 Å². The molecule has 0 radical (unpaired) electrons. The van der Waals surface area contributed by atoms with Gasteiger partial charge in [0.25, 0.3) is 0 Å². The molecule has 2 heterocycles. The number of aryl methyl sites for hydroxylation is 3. The molecule has 0 N–H and O–H groups in total. The fraction of sp³-hybridized carbons (Fsp3) is 0.321. The largest absolute Gasteiger partial charge is 0.257 e. The van der Waals surface area contributed by atoms with E-state index in [0.29, 0.717) is 5.92 Å². The average Bonchev–Trinajstić information content (AvgIpc) is 3.32. The first kappa shape index (κ1) is 19.9. The summed E-state index contributed by atoms with van der Waals surface area (Å²) in [7, 11) is 2.16. The van der Waals surface area contributed by atoms with Crippen molar-refractivity contribution < 1.29 is 4.57 Å². The molecule has 0 saturated heterocycles. The minimum Gasteiger partial charge on any atom is -0.257 e. The van der Waals surface area contributed by atoms with E-state index >= 15 is 0 Å². The van der Waals surface area contributed by atoms with E-state index in [0.717, 1.165) is 17.0 Å². The molecule has 0 atom stereocenters. The van der Waals surface area contributed by atoms with Gasteiger partial charge in [0, 0.05) is 35.4 Å². The molecule has 0 aliphatic heterocycles. The number of rotatable bonds is 3. The van der Waals surface area contributed by atoms with Crippen LogP contribution in [-0.4, -0.2) is 9.97 Å². The highest BCUT2D eigenvalue weighted by atomic mass is 14.9. The highest BCUT2D eigenvalue weighted by molar-refractivity contribution is 5.92. The molecule has 31 heavy (non-hydrogen) atoms. The second-order valence-electron chi connectivity index (χ2n) is 9.08. The SMILES string of the molecule is Cc1cc(C)c(C)c(-c2ccc3c(-c4cnc(C5CCCC5)cn4)cccc3[n+]2C)c1. The van der Waals surface area contributed by atoms with Gasteiger partial charge in [-0.1, -0.05) is 36.6 Å². The Hall–Kier alpha value is -3.07. The first-order chi connectivity index (χ1) is 15.0. The predicted octanol–water partition coefficient (Wildman–Crippen LogP) is 6.37. The third-order valence-electron chi connectivity index (χ3n) is 7.02. The third kappa shape index (κ3) is 3.52. The number of pyridine rings is 1. The molecule has 0 bridgehead atoms. The topological polar surface area (TPSA) is 29.7 Å². The summed E-state index contributed by atoms with van der Waals surface area (Å²) in [4.78, 5) is 9.61. The van der Waals surface area contributed by atoms with Gasteiger partial charge < -0.3 is 0 Å². The van der Waals surface area contributed by atoms with Crippen LogP contribution >= 0.6 is 0 Å². The van der Waals surface area contributed by atoms with Crippen molar-refractivity contribution in [1.29, 1.82) is 0 Å². The van der Waals surface area contributed by atoms with Gasteiger partial charge in [0.1, 0.15) is 7.05 Å². The maximum atomic E-state index is 4.82. The van der Waals surface area contributed by atoms with Crippen molar-refractivity contribution in [3.05, 3.63) is 77.2 Å². The minimum atomic E-state index is 0.593. The molecular formula is C28H30N3+. The molecule has 5 rings (SSSR count). The third-order valence-corrected chi connectivity index (χ3v) is 7.02. The zero-order chi connectivity index (χ0) is 21.5. The Balaban J connectivity index is 1.60. The minimum absolute atomic E-state index is 0.593. The summed E-state index contributed by atoms with van der Waals surface area (Å²) in [5.74, 6) is 0.593. The van der Waals surface area contributed by atoms with Crippen molar-refractivity contribution in [2.75, 3.05) is 0 Å². The van der Waals surface area contributed by atoms with E-state index in [2.05, 4.69) is 74.9 Å². The van der Waals surface area contributed by atoms with Gasteiger partial charge in [-0.3, -0.25) is 9.97 Å². The highest BCUT2D eigenvalue weighted by Crippen LogP contribution is 2.34. The Bertz CT molecular complexity index is 1270. The molecule has 4 aromatic rings. The molecule has 1 aliphatic carbocycles. The molecular weight excluding hydrogens is 378 g/mol. The average molecular weight is 409 g/mol. The van der Waals surface area contributed by atoms with E-state index in [4.69, 9.17) is 9.97 Å². The molecule has 2 aromatic heterocycles. The van der Waals surface area contributed by atoms with Crippen LogP contribution in [-0.2, 0) is 7.05 Å². The normalized spacial score (nSPS) is 14.5. The molecule has 1 fully saturated rings. The zero-order valence-electron chi connectivity index (χ0n) is 18.9. The van der Waals surface area contributed by atoms with E-state index in [1.807, 2.05) is 12.4 Å². The van der Waals surface area contributed by atoms with Crippen LogP contribution in [0.5, 0.6) is 0 Å². The standard InChI is InChI=1S/C28H30N3/c1-18-14-19(2)20(3)24(15-18)28-13-12-23-22(10-7-11-27(23)31(28)4)26-17-29-25(16-30-26)21-8-5-6-9-21/h7,10-17,21H,5-6,8-9H2,1-4H3/q+1. The number of hydrogen-bond acceptors (Lipinski definition) is 2. The van der Waals surface area contributed by atoms with Gasteiger partial charge in [0.15, 0.2) is 0 Å². The van der Waals surface area contributed by atoms with Gasteiger partial charge in [0.05, 0.1) is 23.0 Å². The summed E-state index contributed by atoms with van der Waals surface area (Å²) < 4.78 is 2.31. The smallest absolute Gasteiger partial charge is 0.213 e. The van der Waals surface area contributed by atoms with E-state index in [1.165, 1.54) is 64.5 Å². The maximum absolute atomic E-state index is 4.82. The molecule has 2 aromatic carbocycles. The molecule has 1 saturated carbocycles. The Morgan fingerprint density at radius 3 is 2.42 bits per heavy atom. The van der Waals surface area contributed by atoms with Crippen LogP contribution in [0.3, 0.4) is 0 Å². The summed E-state index contributed by atoms with van der Waals surface area (Å²) in [6.07, 6.45) is 9.09. The molecule has 0 unspecified atom stereocenters. The highest BCUT2D eigenvalue weighted by Gasteiger charge is 2.21.